The molecule has 0 aromatic carbocycles. The number of halogens is 2. The lowest BCUT2D eigenvalue weighted by molar-refractivity contribution is 0.651. The van der Waals surface area contributed by atoms with E-state index >= 15 is 0 Å². The molecule has 0 N–H and O–H groups in total. The lowest BCUT2D eigenvalue weighted by Gasteiger charge is -2.03. The van der Waals surface area contributed by atoms with Gasteiger partial charge in [0.15, 0.2) is 0 Å². The summed E-state index contributed by atoms with van der Waals surface area (Å²) in [4.78, 5) is 8.99. The van der Waals surface area contributed by atoms with Crippen molar-refractivity contribution in [2.24, 2.45) is 5.92 Å². The van der Waals surface area contributed by atoms with Gasteiger partial charge in [-0.3, -0.25) is 0 Å². The van der Waals surface area contributed by atoms with Crippen LogP contribution >= 0.6 is 34.5 Å². The minimum absolute atomic E-state index is 0.213. The van der Waals surface area contributed by atoms with Crippen LogP contribution in [0.1, 0.15) is 19.4 Å². The molecule has 0 saturated carbocycles. The molecule has 0 bridgehead atoms. The maximum atomic E-state index is 6.06. The third-order valence-corrected chi connectivity index (χ3v) is 3.43. The van der Waals surface area contributed by atoms with E-state index in [2.05, 4.69) is 29.2 Å². The van der Waals surface area contributed by atoms with Gasteiger partial charge in [0.05, 0.1) is 5.39 Å². The molecule has 0 unspecified atom stereocenters. The number of thiophene rings is 1. The normalized spacial score (nSPS) is 11.5. The summed E-state index contributed by atoms with van der Waals surface area (Å²) in [5.41, 5.74) is 1.21. The van der Waals surface area contributed by atoms with Crippen molar-refractivity contribution >= 4 is 44.8 Å². The smallest absolute Gasteiger partial charge is 0.207 e. The van der Waals surface area contributed by atoms with Crippen molar-refractivity contribution in [3.05, 3.63) is 21.4 Å². The summed E-state index contributed by atoms with van der Waals surface area (Å²) in [6, 6.07) is 0. The van der Waals surface area contributed by atoms with E-state index in [1.165, 1.54) is 5.56 Å². The van der Waals surface area contributed by atoms with Gasteiger partial charge < -0.3 is 0 Å². The van der Waals surface area contributed by atoms with Crippen molar-refractivity contribution in [3.63, 3.8) is 0 Å². The van der Waals surface area contributed by atoms with Gasteiger partial charge in [-0.2, -0.15) is 0 Å². The molecule has 80 valence electrons. The third kappa shape index (κ3) is 2.25. The van der Waals surface area contributed by atoms with Crippen LogP contribution in [0.25, 0.3) is 10.2 Å². The van der Waals surface area contributed by atoms with Gasteiger partial charge in [-0.1, -0.05) is 25.4 Å². The summed E-state index contributed by atoms with van der Waals surface area (Å²) in [5, 5.41) is 3.72. The zero-order valence-corrected chi connectivity index (χ0v) is 10.7. The Morgan fingerprint density at radius 1 is 1.33 bits per heavy atom. The Morgan fingerprint density at radius 2 is 2.07 bits per heavy atom. The number of nitrogens with zero attached hydrogens (tertiary/aromatic N) is 2. The fourth-order valence-corrected chi connectivity index (χ4v) is 3.08. The summed E-state index contributed by atoms with van der Waals surface area (Å²) >= 11 is 13.4. The molecule has 0 aliphatic rings. The van der Waals surface area contributed by atoms with Gasteiger partial charge in [0.2, 0.25) is 5.28 Å². The highest BCUT2D eigenvalue weighted by Gasteiger charge is 2.12. The molecular weight excluding hydrogens is 251 g/mol. The second kappa shape index (κ2) is 4.24. The largest absolute Gasteiger partial charge is 0.225 e. The maximum Gasteiger partial charge on any atom is 0.225 e. The van der Waals surface area contributed by atoms with Gasteiger partial charge in [-0.25, -0.2) is 9.97 Å². The highest BCUT2D eigenvalue weighted by Crippen LogP contribution is 2.31. The van der Waals surface area contributed by atoms with Crippen LogP contribution in [0.15, 0.2) is 5.38 Å². The van der Waals surface area contributed by atoms with Crippen LogP contribution in [0.2, 0.25) is 10.4 Å². The maximum absolute atomic E-state index is 6.06. The second-order valence-corrected chi connectivity index (χ2v) is 5.38. The summed E-state index contributed by atoms with van der Waals surface area (Å²) in [7, 11) is 0. The molecule has 0 aliphatic heterocycles. The fourth-order valence-electron chi connectivity index (χ4n) is 1.52. The Bertz CT molecular complexity index is 493. The van der Waals surface area contributed by atoms with Crippen LogP contribution in [-0.2, 0) is 6.42 Å². The van der Waals surface area contributed by atoms with E-state index in [9.17, 15) is 0 Å². The van der Waals surface area contributed by atoms with Gasteiger partial charge >= 0.3 is 0 Å². The number of hydrogen-bond acceptors (Lipinski definition) is 3. The molecule has 2 heterocycles. The molecule has 0 fully saturated rings. The summed E-state index contributed by atoms with van der Waals surface area (Å²) in [5.74, 6) is 0.592. The van der Waals surface area contributed by atoms with Gasteiger partial charge in [0.1, 0.15) is 9.98 Å². The lowest BCUT2D eigenvalue weighted by Crippen LogP contribution is -1.93. The molecule has 2 nitrogen and oxygen atoms in total. The van der Waals surface area contributed by atoms with E-state index in [0.717, 1.165) is 16.6 Å². The highest BCUT2D eigenvalue weighted by molar-refractivity contribution is 7.17. The summed E-state index contributed by atoms with van der Waals surface area (Å²) in [6.45, 7) is 4.35. The minimum atomic E-state index is 0.213. The molecule has 2 rings (SSSR count). The molecule has 0 spiro atoms. The average Bonchev–Trinajstić information content (AvgIpc) is 2.46. The van der Waals surface area contributed by atoms with E-state index < -0.39 is 0 Å². The van der Waals surface area contributed by atoms with Gasteiger partial charge in [-0.15, -0.1) is 11.3 Å². The first-order valence-electron chi connectivity index (χ1n) is 4.67. The molecule has 5 heteroatoms. The molecule has 0 atom stereocenters. The third-order valence-electron chi connectivity index (χ3n) is 2.07. The predicted molar refractivity (Wildman–Crippen MR) is 66.0 cm³/mol. The van der Waals surface area contributed by atoms with E-state index in [1.54, 1.807) is 11.3 Å². The van der Waals surface area contributed by atoms with Crippen molar-refractivity contribution in [2.45, 2.75) is 20.3 Å². The number of fused-ring (bicyclic) bond motifs is 1. The van der Waals surface area contributed by atoms with Crippen LogP contribution in [0, 0.1) is 5.92 Å². The van der Waals surface area contributed by atoms with E-state index in [-0.39, 0.29) is 5.28 Å². The number of aromatic nitrogens is 2. The minimum Gasteiger partial charge on any atom is -0.207 e. The van der Waals surface area contributed by atoms with Crippen molar-refractivity contribution in [2.75, 3.05) is 0 Å². The first kappa shape index (κ1) is 11.1. The Kier molecular flexibility index (Phi) is 3.14. The van der Waals surface area contributed by atoms with E-state index in [0.29, 0.717) is 11.1 Å². The molecule has 2 aromatic rings. The molecule has 0 amide bonds. The topological polar surface area (TPSA) is 25.8 Å². The number of hydrogen-bond donors (Lipinski definition) is 0. The fraction of sp³-hybridized carbons (Fsp3) is 0.400. The zero-order valence-electron chi connectivity index (χ0n) is 8.42. The zero-order chi connectivity index (χ0) is 11.0. The van der Waals surface area contributed by atoms with Gasteiger partial charge in [0.25, 0.3) is 0 Å². The first-order chi connectivity index (χ1) is 7.08. The van der Waals surface area contributed by atoms with Crippen molar-refractivity contribution in [1.29, 1.82) is 0 Å². The van der Waals surface area contributed by atoms with Crippen molar-refractivity contribution < 1.29 is 0 Å². The predicted octanol–water partition coefficient (Wildman–Crippen LogP) is 4.20. The van der Waals surface area contributed by atoms with Crippen LogP contribution < -0.4 is 0 Å². The average molecular weight is 261 g/mol. The quantitative estimate of drug-likeness (QED) is 0.598. The summed E-state index contributed by atoms with van der Waals surface area (Å²) in [6.07, 6.45) is 0.991. The molecular formula is C10H10Cl2N2S. The van der Waals surface area contributed by atoms with Crippen LogP contribution in [0.3, 0.4) is 0 Å². The Balaban J connectivity index is 2.58. The molecule has 0 saturated heterocycles. The standard InChI is InChI=1S/C10H10Cl2N2S/c1-5(2)3-6-4-15-9-7(6)8(11)13-10(12)14-9/h4-5H,3H2,1-2H3. The van der Waals surface area contributed by atoms with E-state index in [4.69, 9.17) is 23.2 Å². The first-order valence-corrected chi connectivity index (χ1v) is 6.30. The summed E-state index contributed by atoms with van der Waals surface area (Å²) < 4.78 is 0. The van der Waals surface area contributed by atoms with E-state index in [1.807, 2.05) is 0 Å². The van der Waals surface area contributed by atoms with Gasteiger partial charge in [-0.05, 0) is 34.9 Å². The van der Waals surface area contributed by atoms with Crippen LogP contribution in [0.5, 0.6) is 0 Å². The van der Waals surface area contributed by atoms with Crippen molar-refractivity contribution in [3.8, 4) is 0 Å². The Hall–Kier alpha value is -0.380. The molecule has 2 aromatic heterocycles. The van der Waals surface area contributed by atoms with Crippen LogP contribution in [-0.4, -0.2) is 9.97 Å². The lowest BCUT2D eigenvalue weighted by atomic mass is 10.0. The molecule has 0 aliphatic carbocycles. The monoisotopic (exact) mass is 260 g/mol. The second-order valence-electron chi connectivity index (χ2n) is 3.82. The Morgan fingerprint density at radius 3 is 2.73 bits per heavy atom. The SMILES string of the molecule is CC(C)Cc1csc2nc(Cl)nc(Cl)c12. The Labute approximate surface area is 102 Å². The van der Waals surface area contributed by atoms with Gasteiger partial charge in [0, 0.05) is 0 Å². The number of rotatable bonds is 2. The molecule has 0 radical (unpaired) electrons. The highest BCUT2D eigenvalue weighted by atomic mass is 35.5. The van der Waals surface area contributed by atoms with Crippen LogP contribution in [0.4, 0.5) is 0 Å². The van der Waals surface area contributed by atoms with Crippen molar-refractivity contribution in [1.82, 2.24) is 9.97 Å². The molecule has 15 heavy (non-hydrogen) atoms.